The Morgan fingerprint density at radius 2 is 2.22 bits per heavy atom. The number of carbonyl (C=O) groups is 2. The topological polar surface area (TPSA) is 55.4 Å². The second kappa shape index (κ2) is 5.21. The SMILES string of the molecule is CCOC(=O)C(CC)c1ccc2c(c1)CC(=O)N2. The zero-order valence-electron chi connectivity index (χ0n) is 10.7. The maximum Gasteiger partial charge on any atom is 0.313 e. The molecule has 0 spiro atoms. The molecule has 0 aromatic heterocycles. The van der Waals surface area contributed by atoms with Crippen molar-refractivity contribution >= 4 is 17.6 Å². The van der Waals surface area contributed by atoms with Crippen molar-refractivity contribution in [2.45, 2.75) is 32.6 Å². The van der Waals surface area contributed by atoms with Crippen LogP contribution in [-0.2, 0) is 20.7 Å². The Labute approximate surface area is 106 Å². The average Bonchev–Trinajstić information content (AvgIpc) is 2.69. The van der Waals surface area contributed by atoms with E-state index in [-0.39, 0.29) is 17.8 Å². The molecule has 18 heavy (non-hydrogen) atoms. The van der Waals surface area contributed by atoms with Crippen LogP contribution in [0.25, 0.3) is 0 Å². The van der Waals surface area contributed by atoms with Crippen LogP contribution in [0.4, 0.5) is 5.69 Å². The van der Waals surface area contributed by atoms with Gasteiger partial charge in [0.2, 0.25) is 5.91 Å². The van der Waals surface area contributed by atoms with E-state index < -0.39 is 0 Å². The lowest BCUT2D eigenvalue weighted by molar-refractivity contribution is -0.145. The molecule has 4 nitrogen and oxygen atoms in total. The zero-order valence-corrected chi connectivity index (χ0v) is 10.7. The minimum Gasteiger partial charge on any atom is -0.466 e. The summed E-state index contributed by atoms with van der Waals surface area (Å²) in [6, 6.07) is 5.67. The van der Waals surface area contributed by atoms with Crippen LogP contribution in [0.2, 0.25) is 0 Å². The van der Waals surface area contributed by atoms with E-state index in [4.69, 9.17) is 4.74 Å². The Kier molecular flexibility index (Phi) is 3.65. The largest absolute Gasteiger partial charge is 0.466 e. The molecule has 1 aromatic rings. The van der Waals surface area contributed by atoms with E-state index in [1.165, 1.54) is 0 Å². The molecular formula is C14H17NO3. The van der Waals surface area contributed by atoms with Gasteiger partial charge in [0, 0.05) is 5.69 Å². The van der Waals surface area contributed by atoms with Gasteiger partial charge in [-0.25, -0.2) is 0 Å². The van der Waals surface area contributed by atoms with Crippen LogP contribution in [0.1, 0.15) is 37.3 Å². The molecule has 0 radical (unpaired) electrons. The van der Waals surface area contributed by atoms with Gasteiger partial charge in [0.05, 0.1) is 18.9 Å². The first-order valence-corrected chi connectivity index (χ1v) is 6.25. The molecule has 1 aliphatic heterocycles. The summed E-state index contributed by atoms with van der Waals surface area (Å²) in [5.74, 6) is -0.436. The third-order valence-corrected chi connectivity index (χ3v) is 3.14. The minimum absolute atomic E-state index is 0.00586. The number of ether oxygens (including phenoxy) is 1. The number of hydrogen-bond acceptors (Lipinski definition) is 3. The van der Waals surface area contributed by atoms with Crippen molar-refractivity contribution in [3.05, 3.63) is 29.3 Å². The maximum atomic E-state index is 11.8. The van der Waals surface area contributed by atoms with Crippen LogP contribution < -0.4 is 5.32 Å². The first-order chi connectivity index (χ1) is 8.65. The number of fused-ring (bicyclic) bond motifs is 1. The summed E-state index contributed by atoms with van der Waals surface area (Å²) in [6.07, 6.45) is 1.08. The third-order valence-electron chi connectivity index (χ3n) is 3.14. The highest BCUT2D eigenvalue weighted by Crippen LogP contribution is 2.29. The highest BCUT2D eigenvalue weighted by molar-refractivity contribution is 5.99. The molecule has 1 atom stereocenters. The molecule has 1 aliphatic rings. The molecule has 0 bridgehead atoms. The molecule has 1 amide bonds. The lowest BCUT2D eigenvalue weighted by Gasteiger charge is -2.14. The molecule has 1 heterocycles. The van der Waals surface area contributed by atoms with Gasteiger partial charge in [-0.15, -0.1) is 0 Å². The smallest absolute Gasteiger partial charge is 0.313 e. The molecule has 0 saturated heterocycles. The highest BCUT2D eigenvalue weighted by Gasteiger charge is 2.23. The van der Waals surface area contributed by atoms with Gasteiger partial charge in [0.1, 0.15) is 0 Å². The molecule has 4 heteroatoms. The Balaban J connectivity index is 2.25. The van der Waals surface area contributed by atoms with Gasteiger partial charge in [-0.2, -0.15) is 0 Å². The Morgan fingerprint density at radius 1 is 1.44 bits per heavy atom. The molecule has 1 unspecified atom stereocenters. The Hall–Kier alpha value is -1.84. The van der Waals surface area contributed by atoms with Gasteiger partial charge < -0.3 is 10.1 Å². The van der Waals surface area contributed by atoms with E-state index >= 15 is 0 Å². The van der Waals surface area contributed by atoms with Gasteiger partial charge in [-0.3, -0.25) is 9.59 Å². The summed E-state index contributed by atoms with van der Waals surface area (Å²) < 4.78 is 5.07. The number of esters is 1. The maximum absolute atomic E-state index is 11.8. The number of anilines is 1. The van der Waals surface area contributed by atoms with E-state index in [0.29, 0.717) is 19.4 Å². The zero-order chi connectivity index (χ0) is 13.1. The summed E-state index contributed by atoms with van der Waals surface area (Å²) in [4.78, 5) is 23.1. The fourth-order valence-electron chi connectivity index (χ4n) is 2.25. The quantitative estimate of drug-likeness (QED) is 0.830. The first-order valence-electron chi connectivity index (χ1n) is 6.25. The van der Waals surface area contributed by atoms with E-state index in [2.05, 4.69) is 5.32 Å². The minimum atomic E-state index is -0.244. The third kappa shape index (κ3) is 2.37. The van der Waals surface area contributed by atoms with Crippen LogP contribution in [0.15, 0.2) is 18.2 Å². The number of nitrogens with one attached hydrogen (secondary N) is 1. The predicted octanol–water partition coefficient (Wildman–Crippen LogP) is 2.24. The molecule has 0 fully saturated rings. The van der Waals surface area contributed by atoms with Crippen LogP contribution in [0.5, 0.6) is 0 Å². The number of carbonyl (C=O) groups excluding carboxylic acids is 2. The lowest BCUT2D eigenvalue weighted by atomic mass is 9.94. The number of hydrogen-bond donors (Lipinski definition) is 1. The highest BCUT2D eigenvalue weighted by atomic mass is 16.5. The molecule has 0 saturated carbocycles. The molecular weight excluding hydrogens is 230 g/mol. The van der Waals surface area contributed by atoms with E-state index in [1.54, 1.807) is 6.92 Å². The van der Waals surface area contributed by atoms with Gasteiger partial charge in [0.15, 0.2) is 0 Å². The Morgan fingerprint density at radius 3 is 2.89 bits per heavy atom. The summed E-state index contributed by atoms with van der Waals surface area (Å²) in [6.45, 7) is 4.15. The van der Waals surface area contributed by atoms with Crippen molar-refractivity contribution < 1.29 is 14.3 Å². The second-order valence-electron chi connectivity index (χ2n) is 4.35. The van der Waals surface area contributed by atoms with E-state index in [1.807, 2.05) is 25.1 Å². The average molecular weight is 247 g/mol. The molecule has 2 rings (SSSR count). The predicted molar refractivity (Wildman–Crippen MR) is 68.4 cm³/mol. The van der Waals surface area contributed by atoms with Gasteiger partial charge >= 0.3 is 5.97 Å². The van der Waals surface area contributed by atoms with Crippen molar-refractivity contribution in [2.75, 3.05) is 11.9 Å². The van der Waals surface area contributed by atoms with Crippen molar-refractivity contribution in [2.24, 2.45) is 0 Å². The fraction of sp³-hybridized carbons (Fsp3) is 0.429. The number of benzene rings is 1. The summed E-state index contributed by atoms with van der Waals surface area (Å²) in [5.41, 5.74) is 2.73. The van der Waals surface area contributed by atoms with Crippen molar-refractivity contribution in [1.82, 2.24) is 0 Å². The standard InChI is InChI=1S/C14H17NO3/c1-3-11(14(17)18-4-2)9-5-6-12-10(7-9)8-13(16)15-12/h5-7,11H,3-4,8H2,1-2H3,(H,15,16). The van der Waals surface area contributed by atoms with Crippen LogP contribution in [-0.4, -0.2) is 18.5 Å². The first kappa shape index (κ1) is 12.6. The lowest BCUT2D eigenvalue weighted by Crippen LogP contribution is -2.15. The normalized spacial score (nSPS) is 14.9. The van der Waals surface area contributed by atoms with Crippen LogP contribution >= 0.6 is 0 Å². The van der Waals surface area contributed by atoms with Crippen LogP contribution in [0.3, 0.4) is 0 Å². The van der Waals surface area contributed by atoms with Gasteiger partial charge in [-0.05, 0) is 30.5 Å². The molecule has 1 aromatic carbocycles. The van der Waals surface area contributed by atoms with Gasteiger partial charge in [-0.1, -0.05) is 19.1 Å². The Bertz CT molecular complexity index is 482. The molecule has 96 valence electrons. The van der Waals surface area contributed by atoms with E-state index in [9.17, 15) is 9.59 Å². The fourth-order valence-corrected chi connectivity index (χ4v) is 2.25. The monoisotopic (exact) mass is 247 g/mol. The number of amides is 1. The number of rotatable bonds is 4. The summed E-state index contributed by atoms with van der Waals surface area (Å²) in [7, 11) is 0. The van der Waals surface area contributed by atoms with Crippen molar-refractivity contribution in [3.63, 3.8) is 0 Å². The summed E-state index contributed by atoms with van der Waals surface area (Å²) in [5, 5.41) is 2.78. The van der Waals surface area contributed by atoms with Crippen molar-refractivity contribution in [3.8, 4) is 0 Å². The summed E-state index contributed by atoms with van der Waals surface area (Å²) >= 11 is 0. The molecule has 1 N–H and O–H groups in total. The van der Waals surface area contributed by atoms with Crippen LogP contribution in [0, 0.1) is 0 Å². The van der Waals surface area contributed by atoms with Gasteiger partial charge in [0.25, 0.3) is 0 Å². The van der Waals surface area contributed by atoms with Crippen molar-refractivity contribution in [1.29, 1.82) is 0 Å². The van der Waals surface area contributed by atoms with E-state index in [0.717, 1.165) is 16.8 Å². The second-order valence-corrected chi connectivity index (χ2v) is 4.35. The molecule has 0 aliphatic carbocycles.